The number of hydrogen-bond acceptors (Lipinski definition) is 4. The van der Waals surface area contributed by atoms with E-state index in [0.29, 0.717) is 17.8 Å². The molecular weight excluding hydrogens is 354 g/mol. The highest BCUT2D eigenvalue weighted by atomic mass is 79.9. The first-order chi connectivity index (χ1) is 9.94. The number of halogens is 1. The maximum absolute atomic E-state index is 12.6. The van der Waals surface area contributed by atoms with E-state index in [2.05, 4.69) is 31.0 Å². The highest BCUT2D eigenvalue weighted by Crippen LogP contribution is 2.27. The van der Waals surface area contributed by atoms with Gasteiger partial charge in [-0.1, -0.05) is 15.9 Å². The van der Waals surface area contributed by atoms with Crippen LogP contribution in [0.15, 0.2) is 46.0 Å². The van der Waals surface area contributed by atoms with Crippen LogP contribution in [0.2, 0.25) is 0 Å². The predicted octanol–water partition coefficient (Wildman–Crippen LogP) is 2.67. The number of benzene rings is 1. The van der Waals surface area contributed by atoms with Gasteiger partial charge in [-0.2, -0.15) is 0 Å². The molecule has 0 aliphatic heterocycles. The Morgan fingerprint density at radius 3 is 2.52 bits per heavy atom. The van der Waals surface area contributed by atoms with E-state index in [1.54, 1.807) is 25.1 Å². The Hall–Kier alpha value is -1.44. The molecule has 0 aliphatic rings. The van der Waals surface area contributed by atoms with Gasteiger partial charge in [0, 0.05) is 23.4 Å². The molecule has 0 unspecified atom stereocenters. The smallest absolute Gasteiger partial charge is 0.262 e. The molecule has 0 atom stereocenters. The third-order valence-electron chi connectivity index (χ3n) is 2.96. The van der Waals surface area contributed by atoms with Crippen LogP contribution in [-0.2, 0) is 16.6 Å². The predicted molar refractivity (Wildman–Crippen MR) is 86.7 cm³/mol. The van der Waals surface area contributed by atoms with E-state index in [4.69, 9.17) is 0 Å². The highest BCUT2D eigenvalue weighted by Gasteiger charge is 2.19. The number of sulfonamides is 1. The first kappa shape index (κ1) is 15.9. The Bertz CT molecular complexity index is 733. The molecule has 0 amide bonds. The molecule has 21 heavy (non-hydrogen) atoms. The maximum atomic E-state index is 12.6. The van der Waals surface area contributed by atoms with E-state index in [1.807, 2.05) is 13.1 Å². The van der Waals surface area contributed by atoms with Crippen molar-refractivity contribution in [2.24, 2.45) is 0 Å². The van der Waals surface area contributed by atoms with Crippen LogP contribution in [0.5, 0.6) is 0 Å². The van der Waals surface area contributed by atoms with Crippen LogP contribution < -0.4 is 10.0 Å². The minimum absolute atomic E-state index is 0.263. The Morgan fingerprint density at radius 1 is 1.24 bits per heavy atom. The zero-order valence-corrected chi connectivity index (χ0v) is 14.1. The lowest BCUT2D eigenvalue weighted by Gasteiger charge is -2.13. The summed E-state index contributed by atoms with van der Waals surface area (Å²) < 4.78 is 28.4. The molecule has 1 aromatic carbocycles. The lowest BCUT2D eigenvalue weighted by Crippen LogP contribution is -2.16. The van der Waals surface area contributed by atoms with Crippen molar-refractivity contribution in [3.05, 3.63) is 52.3 Å². The van der Waals surface area contributed by atoms with Crippen LogP contribution in [0.25, 0.3) is 0 Å². The molecule has 1 heterocycles. The maximum Gasteiger partial charge on any atom is 0.262 e. The molecule has 2 rings (SSSR count). The number of anilines is 1. The molecule has 0 bridgehead atoms. The van der Waals surface area contributed by atoms with Gasteiger partial charge < -0.3 is 5.32 Å². The van der Waals surface area contributed by atoms with Crippen molar-refractivity contribution in [2.45, 2.75) is 18.4 Å². The van der Waals surface area contributed by atoms with Gasteiger partial charge in [-0.25, -0.2) is 8.42 Å². The first-order valence-corrected chi connectivity index (χ1v) is 8.58. The van der Waals surface area contributed by atoms with Gasteiger partial charge in [0.25, 0.3) is 10.0 Å². The molecule has 112 valence electrons. The number of pyridine rings is 1. The molecule has 2 N–H and O–H groups in total. The van der Waals surface area contributed by atoms with Crippen LogP contribution >= 0.6 is 15.9 Å². The zero-order valence-electron chi connectivity index (χ0n) is 11.7. The number of aromatic nitrogens is 1. The van der Waals surface area contributed by atoms with Crippen LogP contribution in [-0.4, -0.2) is 20.4 Å². The average molecular weight is 370 g/mol. The molecule has 0 radical (unpaired) electrons. The minimum atomic E-state index is -3.64. The lowest BCUT2D eigenvalue weighted by molar-refractivity contribution is 0.600. The molecular formula is C14H16BrN3O2S. The largest absolute Gasteiger partial charge is 0.316 e. The van der Waals surface area contributed by atoms with Crippen molar-refractivity contribution in [3.8, 4) is 0 Å². The van der Waals surface area contributed by atoms with Crippen LogP contribution in [0.1, 0.15) is 11.1 Å². The van der Waals surface area contributed by atoms with E-state index in [9.17, 15) is 8.42 Å². The van der Waals surface area contributed by atoms with Gasteiger partial charge in [0.1, 0.15) is 0 Å². The van der Waals surface area contributed by atoms with Crippen LogP contribution in [0.4, 0.5) is 5.69 Å². The van der Waals surface area contributed by atoms with Crippen molar-refractivity contribution in [3.63, 3.8) is 0 Å². The lowest BCUT2D eigenvalue weighted by atomic mass is 10.1. The fraction of sp³-hybridized carbons (Fsp3) is 0.214. The van der Waals surface area contributed by atoms with Gasteiger partial charge in [-0.15, -0.1) is 0 Å². The summed E-state index contributed by atoms with van der Waals surface area (Å²) in [6.45, 7) is 2.37. The topological polar surface area (TPSA) is 71.1 Å². The summed E-state index contributed by atoms with van der Waals surface area (Å²) in [5.74, 6) is 0. The fourth-order valence-corrected chi connectivity index (χ4v) is 3.94. The third-order valence-corrected chi connectivity index (χ3v) is 5.29. The summed E-state index contributed by atoms with van der Waals surface area (Å²) in [6, 6.07) is 6.82. The van der Waals surface area contributed by atoms with Crippen molar-refractivity contribution in [1.82, 2.24) is 10.3 Å². The SMILES string of the molecule is CNCc1cc(Br)c(C)c(S(=O)(=O)Nc2ccncc2)c1. The summed E-state index contributed by atoms with van der Waals surface area (Å²) in [7, 11) is -1.83. The summed E-state index contributed by atoms with van der Waals surface area (Å²) in [6.07, 6.45) is 3.08. The average Bonchev–Trinajstić information content (AvgIpc) is 2.43. The molecule has 0 saturated carbocycles. The fourth-order valence-electron chi connectivity index (χ4n) is 1.92. The molecule has 0 saturated heterocycles. The molecule has 2 aromatic rings. The number of nitrogens with zero attached hydrogens (tertiary/aromatic N) is 1. The normalized spacial score (nSPS) is 11.4. The summed E-state index contributed by atoms with van der Waals surface area (Å²) in [5.41, 5.74) is 2.06. The molecule has 5 nitrogen and oxygen atoms in total. The van der Waals surface area contributed by atoms with Crippen molar-refractivity contribution in [2.75, 3.05) is 11.8 Å². The Kier molecular flexibility index (Phi) is 4.97. The van der Waals surface area contributed by atoms with Gasteiger partial charge in [0.2, 0.25) is 0 Å². The second-order valence-electron chi connectivity index (χ2n) is 4.57. The van der Waals surface area contributed by atoms with Crippen LogP contribution in [0, 0.1) is 6.92 Å². The number of hydrogen-bond donors (Lipinski definition) is 2. The highest BCUT2D eigenvalue weighted by molar-refractivity contribution is 9.10. The van der Waals surface area contributed by atoms with Gasteiger partial charge in [0.15, 0.2) is 0 Å². The monoisotopic (exact) mass is 369 g/mol. The van der Waals surface area contributed by atoms with Crippen molar-refractivity contribution in [1.29, 1.82) is 0 Å². The van der Waals surface area contributed by atoms with E-state index < -0.39 is 10.0 Å². The van der Waals surface area contributed by atoms with Crippen molar-refractivity contribution >= 4 is 31.6 Å². The quantitative estimate of drug-likeness (QED) is 0.849. The second-order valence-corrected chi connectivity index (χ2v) is 7.08. The Balaban J connectivity index is 2.44. The first-order valence-electron chi connectivity index (χ1n) is 6.30. The Morgan fingerprint density at radius 2 is 1.90 bits per heavy atom. The molecule has 0 spiro atoms. The summed E-state index contributed by atoms with van der Waals surface area (Å²) >= 11 is 3.41. The summed E-state index contributed by atoms with van der Waals surface area (Å²) in [5, 5.41) is 3.01. The second kappa shape index (κ2) is 6.55. The molecule has 0 fully saturated rings. The van der Waals surface area contributed by atoms with E-state index in [1.165, 1.54) is 12.4 Å². The van der Waals surface area contributed by atoms with Gasteiger partial charge >= 0.3 is 0 Å². The molecule has 1 aromatic heterocycles. The minimum Gasteiger partial charge on any atom is -0.316 e. The van der Waals surface area contributed by atoms with Gasteiger partial charge in [0.05, 0.1) is 10.6 Å². The third kappa shape index (κ3) is 3.81. The molecule has 7 heteroatoms. The van der Waals surface area contributed by atoms with E-state index >= 15 is 0 Å². The van der Waals surface area contributed by atoms with Gasteiger partial charge in [-0.3, -0.25) is 9.71 Å². The van der Waals surface area contributed by atoms with E-state index in [-0.39, 0.29) is 4.90 Å². The van der Waals surface area contributed by atoms with E-state index in [0.717, 1.165) is 10.0 Å². The van der Waals surface area contributed by atoms with Crippen molar-refractivity contribution < 1.29 is 8.42 Å². The zero-order chi connectivity index (χ0) is 15.5. The summed E-state index contributed by atoms with van der Waals surface area (Å²) in [4.78, 5) is 4.13. The molecule has 0 aliphatic carbocycles. The van der Waals surface area contributed by atoms with Gasteiger partial charge in [-0.05, 0) is 49.4 Å². The van der Waals surface area contributed by atoms with Crippen LogP contribution in [0.3, 0.4) is 0 Å². The number of nitrogens with one attached hydrogen (secondary N) is 2. The Labute approximate surface area is 133 Å². The standard InChI is InChI=1S/C14H16BrN3O2S/c1-10-13(15)7-11(9-16-2)8-14(10)21(19,20)18-12-3-5-17-6-4-12/h3-8,16H,9H2,1-2H3,(H,17,18). The number of rotatable bonds is 5.